The Bertz CT molecular complexity index is 763. The highest BCUT2D eigenvalue weighted by atomic mass is 32.1. The van der Waals surface area contributed by atoms with E-state index in [2.05, 4.69) is 15.6 Å². The van der Waals surface area contributed by atoms with Crippen molar-refractivity contribution in [2.24, 2.45) is 5.16 Å². The number of anilines is 1. The minimum atomic E-state index is -0.994. The molecule has 0 saturated heterocycles. The molecule has 1 amide bonds. The number of nitrogens with zero attached hydrogens (tertiary/aromatic N) is 3. The van der Waals surface area contributed by atoms with Crippen molar-refractivity contribution in [1.82, 2.24) is 9.78 Å². The predicted octanol–water partition coefficient (Wildman–Crippen LogP) is 3.10. The third-order valence-electron chi connectivity index (χ3n) is 4.07. The van der Waals surface area contributed by atoms with Crippen molar-refractivity contribution in [3.63, 3.8) is 0 Å². The summed E-state index contributed by atoms with van der Waals surface area (Å²) in [5.74, 6) is -0.199. The van der Waals surface area contributed by atoms with Gasteiger partial charge in [-0.05, 0) is 39.1 Å². The summed E-state index contributed by atoms with van der Waals surface area (Å²) in [7, 11) is 0. The molecule has 0 saturated carbocycles. The van der Waals surface area contributed by atoms with E-state index in [1.54, 1.807) is 18.3 Å². The molecule has 3 heterocycles. The monoisotopic (exact) mass is 332 g/mol. The molecular formula is C16H20N4O2S. The molecule has 1 atom stereocenters. The van der Waals surface area contributed by atoms with Crippen LogP contribution in [0.5, 0.6) is 0 Å². The second kappa shape index (κ2) is 5.81. The van der Waals surface area contributed by atoms with Gasteiger partial charge in [-0.2, -0.15) is 5.10 Å². The van der Waals surface area contributed by atoms with Crippen molar-refractivity contribution in [3.05, 3.63) is 33.8 Å². The summed E-state index contributed by atoms with van der Waals surface area (Å²) >= 11 is 1.59. The number of carbonyl (C=O) groups is 1. The second-order valence-corrected chi connectivity index (χ2v) is 6.78. The summed E-state index contributed by atoms with van der Waals surface area (Å²) in [5, 5.41) is 13.5. The zero-order valence-electron chi connectivity index (χ0n) is 13.7. The van der Waals surface area contributed by atoms with Crippen molar-refractivity contribution in [2.45, 2.75) is 46.3 Å². The van der Waals surface area contributed by atoms with Gasteiger partial charge >= 0.3 is 0 Å². The van der Waals surface area contributed by atoms with Gasteiger partial charge in [0, 0.05) is 13.0 Å². The van der Waals surface area contributed by atoms with E-state index in [9.17, 15) is 4.79 Å². The molecule has 1 aliphatic rings. The topological polar surface area (TPSA) is 68.5 Å². The number of amides is 1. The van der Waals surface area contributed by atoms with E-state index in [0.717, 1.165) is 34.2 Å². The molecule has 0 fully saturated rings. The number of hydrogen-bond acceptors (Lipinski definition) is 5. The van der Waals surface area contributed by atoms with Crippen LogP contribution in [0, 0.1) is 13.8 Å². The largest absolute Gasteiger partial charge is 0.379 e. The predicted molar refractivity (Wildman–Crippen MR) is 91.0 cm³/mol. The van der Waals surface area contributed by atoms with E-state index in [4.69, 9.17) is 4.84 Å². The summed E-state index contributed by atoms with van der Waals surface area (Å²) in [6, 6.07) is 3.94. The molecule has 23 heavy (non-hydrogen) atoms. The minimum absolute atomic E-state index is 0.199. The van der Waals surface area contributed by atoms with Crippen molar-refractivity contribution in [2.75, 3.05) is 5.32 Å². The zero-order chi connectivity index (χ0) is 16.6. The van der Waals surface area contributed by atoms with Crippen LogP contribution in [-0.4, -0.2) is 27.0 Å². The number of nitrogens with one attached hydrogen (secondary N) is 1. The van der Waals surface area contributed by atoms with E-state index in [0.29, 0.717) is 6.42 Å². The molecule has 1 aliphatic heterocycles. The lowest BCUT2D eigenvalue weighted by atomic mass is 9.98. The van der Waals surface area contributed by atoms with Gasteiger partial charge in [-0.1, -0.05) is 11.2 Å². The molecule has 0 spiro atoms. The average Bonchev–Trinajstić information content (AvgIpc) is 3.23. The lowest BCUT2D eigenvalue weighted by Crippen LogP contribution is -2.40. The number of carbonyl (C=O) groups excluding carboxylic acids is 1. The van der Waals surface area contributed by atoms with Crippen LogP contribution in [0.25, 0.3) is 0 Å². The molecule has 2 aromatic rings. The van der Waals surface area contributed by atoms with Gasteiger partial charge in [-0.25, -0.2) is 0 Å². The Morgan fingerprint density at radius 2 is 2.30 bits per heavy atom. The van der Waals surface area contributed by atoms with Crippen LogP contribution in [0.4, 0.5) is 5.69 Å². The molecule has 7 heteroatoms. The summed E-state index contributed by atoms with van der Waals surface area (Å²) in [6.45, 7) is 8.39. The van der Waals surface area contributed by atoms with E-state index in [1.165, 1.54) is 0 Å². The molecule has 122 valence electrons. The summed E-state index contributed by atoms with van der Waals surface area (Å²) in [6.07, 6.45) is 0.458. The van der Waals surface area contributed by atoms with E-state index >= 15 is 0 Å². The van der Waals surface area contributed by atoms with Crippen LogP contribution in [0.2, 0.25) is 0 Å². The van der Waals surface area contributed by atoms with Gasteiger partial charge in [0.15, 0.2) is 0 Å². The van der Waals surface area contributed by atoms with E-state index < -0.39 is 5.60 Å². The van der Waals surface area contributed by atoms with Crippen LogP contribution >= 0.6 is 11.3 Å². The molecule has 0 unspecified atom stereocenters. The first-order chi connectivity index (χ1) is 10.9. The van der Waals surface area contributed by atoms with Gasteiger partial charge in [-0.15, -0.1) is 11.3 Å². The Hall–Kier alpha value is -2.15. The highest BCUT2D eigenvalue weighted by Crippen LogP contribution is 2.30. The average molecular weight is 332 g/mol. The summed E-state index contributed by atoms with van der Waals surface area (Å²) in [4.78, 5) is 19.2. The van der Waals surface area contributed by atoms with Gasteiger partial charge in [0.05, 0.1) is 22.0 Å². The van der Waals surface area contributed by atoms with Crippen LogP contribution in [0.1, 0.15) is 36.5 Å². The van der Waals surface area contributed by atoms with Crippen molar-refractivity contribution < 1.29 is 9.63 Å². The van der Waals surface area contributed by atoms with Gasteiger partial charge < -0.3 is 10.2 Å². The molecule has 0 aliphatic carbocycles. The lowest BCUT2D eigenvalue weighted by molar-refractivity contribution is -0.135. The van der Waals surface area contributed by atoms with Crippen LogP contribution in [-0.2, 0) is 16.2 Å². The molecule has 0 bridgehead atoms. The van der Waals surface area contributed by atoms with E-state index in [-0.39, 0.29) is 5.91 Å². The number of oxime groups is 1. The normalized spacial score (nSPS) is 20.3. The van der Waals surface area contributed by atoms with Gasteiger partial charge in [-0.3, -0.25) is 9.48 Å². The first kappa shape index (κ1) is 15.7. The first-order valence-electron chi connectivity index (χ1n) is 7.59. The smallest absolute Gasteiger partial charge is 0.271 e. The lowest BCUT2D eigenvalue weighted by Gasteiger charge is -2.20. The fraction of sp³-hybridized carbons (Fsp3) is 0.438. The fourth-order valence-electron chi connectivity index (χ4n) is 2.67. The highest BCUT2D eigenvalue weighted by molar-refractivity contribution is 7.12. The van der Waals surface area contributed by atoms with Crippen molar-refractivity contribution in [3.8, 4) is 0 Å². The Morgan fingerprint density at radius 1 is 1.52 bits per heavy atom. The fourth-order valence-corrected chi connectivity index (χ4v) is 3.37. The number of thiophene rings is 1. The Balaban J connectivity index is 1.76. The van der Waals surface area contributed by atoms with Crippen LogP contribution < -0.4 is 5.32 Å². The van der Waals surface area contributed by atoms with Gasteiger partial charge in [0.1, 0.15) is 5.71 Å². The van der Waals surface area contributed by atoms with Crippen LogP contribution in [0.3, 0.4) is 0 Å². The van der Waals surface area contributed by atoms with Gasteiger partial charge in [0.25, 0.3) is 5.91 Å². The minimum Gasteiger partial charge on any atom is -0.379 e. The Kier molecular flexibility index (Phi) is 3.97. The first-order valence-corrected chi connectivity index (χ1v) is 8.47. The SMILES string of the molecule is CCn1nc(C)c(NC(=O)[C@]2(C)CC(c3cccs3)=NO2)c1C. The molecule has 0 radical (unpaired) electrons. The third kappa shape index (κ3) is 2.76. The second-order valence-electron chi connectivity index (χ2n) is 5.83. The number of rotatable bonds is 4. The molecule has 2 aromatic heterocycles. The maximum Gasteiger partial charge on any atom is 0.271 e. The zero-order valence-corrected chi connectivity index (χ0v) is 14.5. The standard InChI is InChI=1S/C16H20N4O2S/c1-5-20-11(3)14(10(2)18-20)17-15(21)16(4)9-12(19-22-16)13-7-6-8-23-13/h6-8H,5,9H2,1-4H3,(H,17,21)/t16-/m0/s1. The third-order valence-corrected chi connectivity index (χ3v) is 4.99. The van der Waals surface area contributed by atoms with E-state index in [1.807, 2.05) is 43.0 Å². The number of hydrogen-bond donors (Lipinski definition) is 1. The maximum atomic E-state index is 12.7. The molecule has 1 N–H and O–H groups in total. The highest BCUT2D eigenvalue weighted by Gasteiger charge is 2.43. The molecule has 3 rings (SSSR count). The van der Waals surface area contributed by atoms with Crippen molar-refractivity contribution in [1.29, 1.82) is 0 Å². The number of aromatic nitrogens is 2. The maximum absolute atomic E-state index is 12.7. The number of aryl methyl sites for hydroxylation is 2. The van der Waals surface area contributed by atoms with Gasteiger partial charge in [0.2, 0.25) is 5.60 Å². The Labute approximate surface area is 139 Å². The summed E-state index contributed by atoms with van der Waals surface area (Å²) < 4.78 is 1.87. The molecule has 0 aromatic carbocycles. The molecule has 6 nitrogen and oxygen atoms in total. The molecular weight excluding hydrogens is 312 g/mol. The van der Waals surface area contributed by atoms with Crippen molar-refractivity contribution >= 4 is 28.6 Å². The Morgan fingerprint density at radius 3 is 2.91 bits per heavy atom. The summed E-state index contributed by atoms with van der Waals surface area (Å²) in [5.41, 5.74) is 2.33. The van der Waals surface area contributed by atoms with Crippen LogP contribution in [0.15, 0.2) is 22.7 Å². The quantitative estimate of drug-likeness (QED) is 0.935.